The number of hydrogen-bond donors (Lipinski definition) is 1. The van der Waals surface area contributed by atoms with Crippen LogP contribution in [0.5, 0.6) is 0 Å². The van der Waals surface area contributed by atoms with Crippen LogP contribution in [0.3, 0.4) is 0 Å². The molecule has 0 atom stereocenters. The van der Waals surface area contributed by atoms with E-state index in [9.17, 15) is 23.1 Å². The number of alkyl halides is 3. The zero-order valence-corrected chi connectivity index (χ0v) is 12.1. The first kappa shape index (κ1) is 15.6. The SMILES string of the molecule is O=C(O)C1=CC2=C(COC2)N(Cc2ccc(C(F)(F)F)cc2)C1. The number of ether oxygens (including phenoxy) is 1. The van der Waals surface area contributed by atoms with Gasteiger partial charge in [-0.05, 0) is 29.3 Å². The molecule has 2 aliphatic rings. The molecule has 23 heavy (non-hydrogen) atoms. The predicted octanol–water partition coefficient (Wildman–Crippen LogP) is 2.82. The van der Waals surface area contributed by atoms with Gasteiger partial charge in [-0.1, -0.05) is 12.1 Å². The number of carboxylic acids is 1. The summed E-state index contributed by atoms with van der Waals surface area (Å²) < 4.78 is 43.1. The number of carboxylic acid groups (broad SMARTS) is 1. The van der Waals surface area contributed by atoms with Crippen LogP contribution in [0, 0.1) is 0 Å². The standard InChI is InChI=1S/C16H14F3NO3/c17-16(18,19)13-3-1-10(2-4-13)6-20-7-11(15(21)22)5-12-8-23-9-14(12)20/h1-5H,6-9H2,(H,21,22). The van der Waals surface area contributed by atoms with Crippen LogP contribution in [0.1, 0.15) is 11.1 Å². The van der Waals surface area contributed by atoms with Gasteiger partial charge in [-0.25, -0.2) is 4.79 Å². The lowest BCUT2D eigenvalue weighted by Crippen LogP contribution is -2.31. The Labute approximate surface area is 130 Å². The zero-order valence-electron chi connectivity index (χ0n) is 12.1. The average molecular weight is 325 g/mol. The Balaban J connectivity index is 1.80. The van der Waals surface area contributed by atoms with Crippen molar-refractivity contribution < 1.29 is 27.8 Å². The Morgan fingerprint density at radius 3 is 2.52 bits per heavy atom. The van der Waals surface area contributed by atoms with E-state index in [1.165, 1.54) is 12.1 Å². The molecule has 1 aromatic rings. The third-order valence-electron chi connectivity index (χ3n) is 3.89. The van der Waals surface area contributed by atoms with Crippen molar-refractivity contribution in [3.63, 3.8) is 0 Å². The second kappa shape index (κ2) is 5.73. The van der Waals surface area contributed by atoms with Gasteiger partial charge in [0.2, 0.25) is 0 Å². The molecule has 0 saturated carbocycles. The number of halogens is 3. The molecule has 0 fully saturated rings. The van der Waals surface area contributed by atoms with Gasteiger partial charge in [-0.2, -0.15) is 13.2 Å². The van der Waals surface area contributed by atoms with Crippen LogP contribution in [0.4, 0.5) is 13.2 Å². The molecular weight excluding hydrogens is 311 g/mol. The molecule has 2 heterocycles. The van der Waals surface area contributed by atoms with Crippen LogP contribution in [0.2, 0.25) is 0 Å². The van der Waals surface area contributed by atoms with Crippen LogP contribution in [-0.4, -0.2) is 35.7 Å². The van der Waals surface area contributed by atoms with Crippen molar-refractivity contribution in [2.75, 3.05) is 19.8 Å². The highest BCUT2D eigenvalue weighted by Gasteiger charge is 2.30. The molecule has 0 unspecified atom stereocenters. The molecule has 1 aromatic carbocycles. The van der Waals surface area contributed by atoms with E-state index in [4.69, 9.17) is 4.74 Å². The summed E-state index contributed by atoms with van der Waals surface area (Å²) in [6.45, 7) is 1.29. The van der Waals surface area contributed by atoms with E-state index in [2.05, 4.69) is 0 Å². The molecule has 7 heteroatoms. The van der Waals surface area contributed by atoms with Crippen LogP contribution in [-0.2, 0) is 22.3 Å². The molecule has 3 rings (SSSR count). The smallest absolute Gasteiger partial charge is 0.416 e. The van der Waals surface area contributed by atoms with Gasteiger partial charge in [0.25, 0.3) is 0 Å². The third-order valence-corrected chi connectivity index (χ3v) is 3.89. The van der Waals surface area contributed by atoms with Crippen molar-refractivity contribution in [2.24, 2.45) is 0 Å². The minimum atomic E-state index is -4.36. The fourth-order valence-corrected chi connectivity index (χ4v) is 2.71. The van der Waals surface area contributed by atoms with Gasteiger partial charge in [0, 0.05) is 12.2 Å². The fraction of sp³-hybridized carbons (Fsp3) is 0.312. The van der Waals surface area contributed by atoms with Crippen molar-refractivity contribution in [3.05, 3.63) is 58.3 Å². The van der Waals surface area contributed by atoms with Crippen molar-refractivity contribution in [3.8, 4) is 0 Å². The summed E-state index contributed by atoms with van der Waals surface area (Å²) in [7, 11) is 0. The van der Waals surface area contributed by atoms with Crippen molar-refractivity contribution in [2.45, 2.75) is 12.7 Å². The summed E-state index contributed by atoms with van der Waals surface area (Å²) >= 11 is 0. The van der Waals surface area contributed by atoms with Gasteiger partial charge in [-0.15, -0.1) is 0 Å². The van der Waals surface area contributed by atoms with Crippen LogP contribution in [0.15, 0.2) is 47.2 Å². The predicted molar refractivity (Wildman–Crippen MR) is 75.4 cm³/mol. The quantitative estimate of drug-likeness (QED) is 0.928. The molecule has 0 aromatic heterocycles. The second-order valence-corrected chi connectivity index (χ2v) is 5.49. The van der Waals surface area contributed by atoms with E-state index in [1.54, 1.807) is 6.08 Å². The molecule has 4 nitrogen and oxygen atoms in total. The second-order valence-electron chi connectivity index (χ2n) is 5.49. The molecule has 122 valence electrons. The summed E-state index contributed by atoms with van der Waals surface area (Å²) in [5, 5.41) is 9.18. The summed E-state index contributed by atoms with van der Waals surface area (Å²) in [5.41, 5.74) is 1.95. The molecule has 1 N–H and O–H groups in total. The van der Waals surface area contributed by atoms with E-state index in [1.807, 2.05) is 4.90 Å². The van der Waals surface area contributed by atoms with Gasteiger partial charge in [0.05, 0.1) is 30.9 Å². The van der Waals surface area contributed by atoms with Gasteiger partial charge in [0.15, 0.2) is 0 Å². The summed E-state index contributed by atoms with van der Waals surface area (Å²) in [6.07, 6.45) is -2.74. The van der Waals surface area contributed by atoms with Crippen molar-refractivity contribution in [1.29, 1.82) is 0 Å². The van der Waals surface area contributed by atoms with Gasteiger partial charge in [-0.3, -0.25) is 0 Å². The highest BCUT2D eigenvalue weighted by atomic mass is 19.4. The van der Waals surface area contributed by atoms with E-state index < -0.39 is 17.7 Å². The maximum atomic E-state index is 12.6. The van der Waals surface area contributed by atoms with Gasteiger partial charge in [0.1, 0.15) is 0 Å². The summed E-state index contributed by atoms with van der Waals surface area (Å²) in [5.74, 6) is -0.999. The first-order chi connectivity index (χ1) is 10.8. The molecule has 0 spiro atoms. The Hall–Kier alpha value is -2.28. The number of benzene rings is 1. The minimum absolute atomic E-state index is 0.207. The molecule has 0 saturated heterocycles. The van der Waals surface area contributed by atoms with E-state index in [0.717, 1.165) is 23.4 Å². The monoisotopic (exact) mass is 325 g/mol. The largest absolute Gasteiger partial charge is 0.478 e. The van der Waals surface area contributed by atoms with Crippen LogP contribution < -0.4 is 0 Å². The zero-order chi connectivity index (χ0) is 16.6. The Bertz CT molecular complexity index is 690. The molecule has 0 amide bonds. The lowest BCUT2D eigenvalue weighted by molar-refractivity contribution is -0.137. The topological polar surface area (TPSA) is 49.8 Å². The maximum absolute atomic E-state index is 12.6. The molecule has 2 aliphatic heterocycles. The van der Waals surface area contributed by atoms with E-state index in [-0.39, 0.29) is 12.1 Å². The molecule has 0 bridgehead atoms. The van der Waals surface area contributed by atoms with Crippen LogP contribution >= 0.6 is 0 Å². The number of rotatable bonds is 3. The summed E-state index contributed by atoms with van der Waals surface area (Å²) in [6, 6.07) is 4.90. The maximum Gasteiger partial charge on any atom is 0.416 e. The normalized spacial score (nSPS) is 18.0. The van der Waals surface area contributed by atoms with E-state index >= 15 is 0 Å². The first-order valence-corrected chi connectivity index (χ1v) is 6.99. The number of aliphatic carboxylic acids is 1. The Morgan fingerprint density at radius 2 is 1.91 bits per heavy atom. The highest BCUT2D eigenvalue weighted by molar-refractivity contribution is 5.88. The number of nitrogens with zero attached hydrogens (tertiary/aromatic N) is 1. The first-order valence-electron chi connectivity index (χ1n) is 6.99. The van der Waals surface area contributed by atoms with Crippen molar-refractivity contribution >= 4 is 5.97 Å². The lowest BCUT2D eigenvalue weighted by atomic mass is 10.0. The van der Waals surface area contributed by atoms with Crippen LogP contribution in [0.25, 0.3) is 0 Å². The third kappa shape index (κ3) is 3.24. The van der Waals surface area contributed by atoms with E-state index in [0.29, 0.717) is 25.3 Å². The minimum Gasteiger partial charge on any atom is -0.478 e. The average Bonchev–Trinajstić information content (AvgIpc) is 2.95. The van der Waals surface area contributed by atoms with Crippen molar-refractivity contribution in [1.82, 2.24) is 4.90 Å². The molecule has 0 aliphatic carbocycles. The number of carbonyl (C=O) groups is 1. The molecular formula is C16H14F3NO3. The van der Waals surface area contributed by atoms with Gasteiger partial charge < -0.3 is 14.7 Å². The lowest BCUT2D eigenvalue weighted by Gasteiger charge is -2.29. The molecule has 0 radical (unpaired) electrons. The van der Waals surface area contributed by atoms with Gasteiger partial charge >= 0.3 is 12.1 Å². The number of hydrogen-bond acceptors (Lipinski definition) is 3. The summed E-state index contributed by atoms with van der Waals surface area (Å²) in [4.78, 5) is 13.1. The Kier molecular flexibility index (Phi) is 3.89. The Morgan fingerprint density at radius 1 is 1.22 bits per heavy atom. The highest BCUT2D eigenvalue weighted by Crippen LogP contribution is 2.31. The fourth-order valence-electron chi connectivity index (χ4n) is 2.71.